The van der Waals surface area contributed by atoms with Crippen LogP contribution >= 0.6 is 0 Å². The Kier molecular flexibility index (Phi) is 57.7. The predicted octanol–water partition coefficient (Wildman–Crippen LogP) is 20.5. The molecule has 0 radical (unpaired) electrons. The van der Waals surface area contributed by atoms with Gasteiger partial charge >= 0.3 is 0 Å². The number of rotatable bonds is 58. The van der Waals surface area contributed by atoms with E-state index in [1.54, 1.807) is 6.08 Å². The molecule has 2 unspecified atom stereocenters. The Morgan fingerprint density at radius 3 is 0.788 bits per heavy atom. The van der Waals surface area contributed by atoms with E-state index in [-0.39, 0.29) is 12.5 Å². The Hall–Kier alpha value is -0.870. The van der Waals surface area contributed by atoms with Gasteiger partial charge in [0.05, 0.1) is 18.8 Å². The number of hydrogen-bond donors (Lipinski definition) is 3. The van der Waals surface area contributed by atoms with Crippen LogP contribution < -0.4 is 5.32 Å². The van der Waals surface area contributed by atoms with Crippen molar-refractivity contribution in [3.63, 3.8) is 0 Å². The van der Waals surface area contributed by atoms with Gasteiger partial charge in [-0.3, -0.25) is 4.79 Å². The summed E-state index contributed by atoms with van der Waals surface area (Å²) >= 11 is 0. The minimum Gasteiger partial charge on any atom is -0.394 e. The van der Waals surface area contributed by atoms with E-state index in [0.717, 1.165) is 25.7 Å². The number of unbranched alkanes of at least 4 members (excludes halogenated alkanes) is 51. The predicted molar refractivity (Wildman–Crippen MR) is 295 cm³/mol. The normalized spacial score (nSPS) is 12.7. The molecule has 0 bridgehead atoms. The van der Waals surface area contributed by atoms with Crippen molar-refractivity contribution in [2.45, 2.75) is 373 Å². The van der Waals surface area contributed by atoms with Gasteiger partial charge in [0.2, 0.25) is 5.91 Å². The number of aliphatic hydroxyl groups excluding tert-OH is 2. The first-order chi connectivity index (χ1) is 32.7. The van der Waals surface area contributed by atoms with Crippen LogP contribution in [0.15, 0.2) is 12.2 Å². The highest BCUT2D eigenvalue weighted by atomic mass is 16.3. The summed E-state index contributed by atoms with van der Waals surface area (Å²) in [5, 5.41) is 23.2. The van der Waals surface area contributed by atoms with Crippen LogP contribution in [0.3, 0.4) is 0 Å². The lowest BCUT2D eigenvalue weighted by molar-refractivity contribution is -0.123. The molecule has 4 nitrogen and oxygen atoms in total. The summed E-state index contributed by atoms with van der Waals surface area (Å²) < 4.78 is 0. The van der Waals surface area contributed by atoms with Crippen molar-refractivity contribution in [3.8, 4) is 0 Å². The van der Waals surface area contributed by atoms with Gasteiger partial charge in [0, 0.05) is 6.42 Å². The van der Waals surface area contributed by atoms with Crippen LogP contribution in [0.1, 0.15) is 361 Å². The molecule has 3 N–H and O–H groups in total. The quantitative estimate of drug-likeness (QED) is 0.0420. The Morgan fingerprint density at radius 2 is 0.561 bits per heavy atom. The van der Waals surface area contributed by atoms with E-state index in [9.17, 15) is 15.0 Å². The number of carbonyl (C=O) groups excluding carboxylic acids is 1. The maximum absolute atomic E-state index is 12.5. The molecule has 0 aliphatic carbocycles. The second kappa shape index (κ2) is 58.4. The molecule has 0 fully saturated rings. The molecule has 0 rings (SSSR count). The van der Waals surface area contributed by atoms with Crippen LogP contribution in [0.2, 0.25) is 0 Å². The summed E-state index contributed by atoms with van der Waals surface area (Å²) in [6.07, 6.45) is 77.0. The summed E-state index contributed by atoms with van der Waals surface area (Å²) in [5.74, 6) is -0.0554. The van der Waals surface area contributed by atoms with Gasteiger partial charge in [-0.05, 0) is 19.3 Å². The molecule has 66 heavy (non-hydrogen) atoms. The minimum absolute atomic E-state index is 0.0554. The van der Waals surface area contributed by atoms with Crippen molar-refractivity contribution in [1.82, 2.24) is 5.32 Å². The molecule has 2 atom stereocenters. The van der Waals surface area contributed by atoms with Crippen molar-refractivity contribution in [3.05, 3.63) is 12.2 Å². The molecule has 0 aliphatic heterocycles. The minimum atomic E-state index is -0.835. The molecule has 0 saturated carbocycles. The molecule has 4 heteroatoms. The summed E-state index contributed by atoms with van der Waals surface area (Å²) in [6, 6.07) is -0.618. The van der Waals surface area contributed by atoms with E-state index in [1.807, 2.05) is 6.08 Å². The Bertz CT molecular complexity index is 921. The maximum Gasteiger partial charge on any atom is 0.220 e. The highest BCUT2D eigenvalue weighted by molar-refractivity contribution is 5.76. The number of allylic oxidation sites excluding steroid dienone is 1. The summed E-state index contributed by atoms with van der Waals surface area (Å²) in [6.45, 7) is 4.35. The Balaban J connectivity index is 3.36. The van der Waals surface area contributed by atoms with E-state index in [1.165, 1.54) is 315 Å². The molecule has 394 valence electrons. The SMILES string of the molecule is CCCCCCCCCCCCCCCCC/C=C/C(O)C(CO)NC(=O)CCCCCCCCCCCCCCCCCCCCCCCCCCCCCCCCCCCCCCC. The Morgan fingerprint density at radius 1 is 0.348 bits per heavy atom. The first kappa shape index (κ1) is 65.1. The number of amides is 1. The van der Waals surface area contributed by atoms with Crippen molar-refractivity contribution in [1.29, 1.82) is 0 Å². The van der Waals surface area contributed by atoms with Gasteiger partial charge in [-0.1, -0.05) is 347 Å². The maximum atomic E-state index is 12.5. The Labute approximate surface area is 416 Å². The van der Waals surface area contributed by atoms with Crippen LogP contribution in [-0.4, -0.2) is 34.9 Å². The largest absolute Gasteiger partial charge is 0.394 e. The lowest BCUT2D eigenvalue weighted by Crippen LogP contribution is -2.45. The van der Waals surface area contributed by atoms with E-state index < -0.39 is 12.1 Å². The fourth-order valence-corrected chi connectivity index (χ4v) is 10.1. The van der Waals surface area contributed by atoms with Crippen LogP contribution in [-0.2, 0) is 4.79 Å². The van der Waals surface area contributed by atoms with Crippen LogP contribution in [0.5, 0.6) is 0 Å². The standard InChI is InChI=1S/C62H123NO3/c1-3-5-7-9-11-13-15-17-19-21-22-23-24-25-26-27-28-29-30-31-32-33-34-35-36-37-38-39-40-42-44-46-48-50-52-54-56-58-62(66)63-60(59-64)61(65)57-55-53-51-49-47-45-43-41-20-18-16-14-12-10-8-6-4-2/h55,57,60-61,64-65H,3-54,56,58-59H2,1-2H3,(H,63,66)/b57-55+. The first-order valence-corrected chi connectivity index (χ1v) is 30.9. The summed E-state index contributed by atoms with van der Waals surface area (Å²) in [5.41, 5.74) is 0. The number of carbonyl (C=O) groups is 1. The third kappa shape index (κ3) is 54.1. The lowest BCUT2D eigenvalue weighted by Gasteiger charge is -2.20. The zero-order chi connectivity index (χ0) is 47.7. The van der Waals surface area contributed by atoms with Crippen molar-refractivity contribution in [2.75, 3.05) is 6.61 Å². The highest BCUT2D eigenvalue weighted by Gasteiger charge is 2.18. The summed E-state index contributed by atoms with van der Waals surface area (Å²) in [7, 11) is 0. The van der Waals surface area contributed by atoms with Gasteiger partial charge in [0.15, 0.2) is 0 Å². The zero-order valence-corrected chi connectivity index (χ0v) is 45.5. The smallest absolute Gasteiger partial charge is 0.220 e. The van der Waals surface area contributed by atoms with Crippen molar-refractivity contribution < 1.29 is 15.0 Å². The molecule has 0 aromatic heterocycles. The van der Waals surface area contributed by atoms with E-state index in [2.05, 4.69) is 19.2 Å². The number of aliphatic hydroxyl groups is 2. The lowest BCUT2D eigenvalue weighted by atomic mass is 10.0. The first-order valence-electron chi connectivity index (χ1n) is 30.9. The van der Waals surface area contributed by atoms with Gasteiger partial charge in [-0.15, -0.1) is 0 Å². The number of nitrogens with one attached hydrogen (secondary N) is 1. The van der Waals surface area contributed by atoms with E-state index in [0.29, 0.717) is 6.42 Å². The monoisotopic (exact) mass is 930 g/mol. The summed E-state index contributed by atoms with van der Waals surface area (Å²) in [4.78, 5) is 12.5. The van der Waals surface area contributed by atoms with Crippen molar-refractivity contribution in [2.24, 2.45) is 0 Å². The van der Waals surface area contributed by atoms with Gasteiger partial charge in [-0.25, -0.2) is 0 Å². The highest BCUT2D eigenvalue weighted by Crippen LogP contribution is 2.19. The third-order valence-corrected chi connectivity index (χ3v) is 14.8. The van der Waals surface area contributed by atoms with Crippen LogP contribution in [0.25, 0.3) is 0 Å². The molecule has 0 heterocycles. The molecule has 0 aromatic rings. The van der Waals surface area contributed by atoms with Gasteiger partial charge < -0.3 is 15.5 Å². The topological polar surface area (TPSA) is 69.6 Å². The fraction of sp³-hybridized carbons (Fsp3) is 0.952. The number of hydrogen-bond acceptors (Lipinski definition) is 3. The molecule has 0 saturated heterocycles. The molecule has 0 aromatic carbocycles. The molecular formula is C62H123NO3. The van der Waals surface area contributed by atoms with Crippen LogP contribution in [0, 0.1) is 0 Å². The molecule has 1 amide bonds. The van der Waals surface area contributed by atoms with Gasteiger partial charge in [0.25, 0.3) is 0 Å². The van der Waals surface area contributed by atoms with E-state index >= 15 is 0 Å². The zero-order valence-electron chi connectivity index (χ0n) is 45.5. The molecule has 0 aliphatic rings. The van der Waals surface area contributed by atoms with Crippen LogP contribution in [0.4, 0.5) is 0 Å². The average molecular weight is 931 g/mol. The van der Waals surface area contributed by atoms with Gasteiger partial charge in [-0.2, -0.15) is 0 Å². The molecule has 0 spiro atoms. The second-order valence-corrected chi connectivity index (χ2v) is 21.5. The average Bonchev–Trinajstić information content (AvgIpc) is 3.32. The van der Waals surface area contributed by atoms with Gasteiger partial charge in [0.1, 0.15) is 0 Å². The second-order valence-electron chi connectivity index (χ2n) is 21.5. The molecular weight excluding hydrogens is 807 g/mol. The third-order valence-electron chi connectivity index (χ3n) is 14.8. The van der Waals surface area contributed by atoms with Crippen molar-refractivity contribution >= 4 is 5.91 Å². The van der Waals surface area contributed by atoms with E-state index in [4.69, 9.17) is 0 Å². The fourth-order valence-electron chi connectivity index (χ4n) is 10.1.